The highest BCUT2D eigenvalue weighted by atomic mass is 79.9. The highest BCUT2D eigenvalue weighted by Gasteiger charge is 2.01. The molecule has 0 spiro atoms. The maximum atomic E-state index is 5.64. The molecule has 2 rings (SSSR count). The molecule has 6 heteroatoms. The quantitative estimate of drug-likeness (QED) is 0.693. The number of nitrogens with zero attached hydrogens (tertiary/aromatic N) is 4. The van der Waals surface area contributed by atoms with E-state index in [1.807, 2.05) is 0 Å². The standard InChI is InChI=1S/C5H2BrClN4/c6-5-10-9-4-1-8-3(7)2-11(4)5/h1-2H. The second-order valence-corrected chi connectivity index (χ2v) is 3.00. The smallest absolute Gasteiger partial charge is 0.204 e. The van der Waals surface area contributed by atoms with Gasteiger partial charge in [0.05, 0.1) is 12.4 Å². The van der Waals surface area contributed by atoms with Crippen LogP contribution in [0.2, 0.25) is 5.15 Å². The van der Waals surface area contributed by atoms with E-state index in [9.17, 15) is 0 Å². The van der Waals surface area contributed by atoms with Crippen LogP contribution in [0.3, 0.4) is 0 Å². The molecule has 0 amide bonds. The summed E-state index contributed by atoms with van der Waals surface area (Å²) >= 11 is 8.84. The molecule has 0 aliphatic heterocycles. The molecule has 2 aromatic rings. The van der Waals surface area contributed by atoms with Crippen LogP contribution in [0.5, 0.6) is 0 Å². The van der Waals surface area contributed by atoms with Crippen LogP contribution in [0.1, 0.15) is 0 Å². The molecule has 2 aromatic heterocycles. The molecule has 0 unspecified atom stereocenters. The van der Waals surface area contributed by atoms with Gasteiger partial charge in [-0.25, -0.2) is 4.98 Å². The lowest BCUT2D eigenvalue weighted by molar-refractivity contribution is 1.05. The predicted molar refractivity (Wildman–Crippen MR) is 43.5 cm³/mol. The maximum absolute atomic E-state index is 5.64. The Labute approximate surface area is 75.3 Å². The second kappa shape index (κ2) is 2.42. The van der Waals surface area contributed by atoms with Crippen molar-refractivity contribution in [2.24, 2.45) is 0 Å². The molecule has 0 saturated heterocycles. The van der Waals surface area contributed by atoms with Gasteiger partial charge in [-0.2, -0.15) is 0 Å². The monoisotopic (exact) mass is 232 g/mol. The average Bonchev–Trinajstić information content (AvgIpc) is 2.33. The van der Waals surface area contributed by atoms with Gasteiger partial charge in [-0.3, -0.25) is 4.40 Å². The molecule has 4 nitrogen and oxygen atoms in total. The summed E-state index contributed by atoms with van der Waals surface area (Å²) in [4.78, 5) is 3.84. The summed E-state index contributed by atoms with van der Waals surface area (Å²) in [5.41, 5.74) is 0.668. The molecular weight excluding hydrogens is 231 g/mol. The Balaban J connectivity index is 2.87. The summed E-state index contributed by atoms with van der Waals surface area (Å²) in [6, 6.07) is 0. The van der Waals surface area contributed by atoms with Crippen molar-refractivity contribution >= 4 is 33.2 Å². The molecule has 0 saturated carbocycles. The zero-order valence-corrected chi connectivity index (χ0v) is 7.54. The second-order valence-electron chi connectivity index (χ2n) is 1.91. The number of hydrogen-bond donors (Lipinski definition) is 0. The van der Waals surface area contributed by atoms with E-state index < -0.39 is 0 Å². The summed E-state index contributed by atoms with van der Waals surface area (Å²) in [5.74, 6) is 0. The third-order valence-corrected chi connectivity index (χ3v) is 1.96. The maximum Gasteiger partial charge on any atom is 0.204 e. The van der Waals surface area contributed by atoms with Gasteiger partial charge in [-0.1, -0.05) is 11.6 Å². The fraction of sp³-hybridized carbons (Fsp3) is 0. The highest BCUT2D eigenvalue weighted by molar-refractivity contribution is 9.10. The van der Waals surface area contributed by atoms with Gasteiger partial charge in [-0.15, -0.1) is 10.2 Å². The van der Waals surface area contributed by atoms with Crippen molar-refractivity contribution in [3.05, 3.63) is 22.3 Å². The minimum Gasteiger partial charge on any atom is -0.273 e. The van der Waals surface area contributed by atoms with Crippen molar-refractivity contribution in [1.29, 1.82) is 0 Å². The topological polar surface area (TPSA) is 43.1 Å². The molecular formula is C5H2BrClN4. The van der Waals surface area contributed by atoms with Crippen molar-refractivity contribution in [1.82, 2.24) is 19.6 Å². The minimum absolute atomic E-state index is 0.415. The fourth-order valence-electron chi connectivity index (χ4n) is 0.750. The largest absolute Gasteiger partial charge is 0.273 e. The first-order valence-electron chi connectivity index (χ1n) is 2.79. The van der Waals surface area contributed by atoms with Gasteiger partial charge >= 0.3 is 0 Å². The lowest BCUT2D eigenvalue weighted by Gasteiger charge is -1.91. The van der Waals surface area contributed by atoms with E-state index in [-0.39, 0.29) is 0 Å². The SMILES string of the molecule is Clc1cn2c(Br)nnc2cn1. The van der Waals surface area contributed by atoms with E-state index >= 15 is 0 Å². The summed E-state index contributed by atoms with van der Waals surface area (Å²) in [6.07, 6.45) is 3.20. The molecule has 56 valence electrons. The summed E-state index contributed by atoms with van der Waals surface area (Å²) in [7, 11) is 0. The molecule has 0 aliphatic rings. The zero-order chi connectivity index (χ0) is 7.84. The third kappa shape index (κ3) is 1.10. The first kappa shape index (κ1) is 7.00. The van der Waals surface area contributed by atoms with Crippen molar-refractivity contribution in [3.8, 4) is 0 Å². The summed E-state index contributed by atoms with van der Waals surface area (Å²) < 4.78 is 2.33. The minimum atomic E-state index is 0.415. The van der Waals surface area contributed by atoms with Gasteiger partial charge < -0.3 is 0 Å². The van der Waals surface area contributed by atoms with Gasteiger partial charge in [0, 0.05) is 0 Å². The van der Waals surface area contributed by atoms with E-state index in [4.69, 9.17) is 11.6 Å². The fourth-order valence-corrected chi connectivity index (χ4v) is 1.26. The summed E-state index contributed by atoms with van der Waals surface area (Å²) in [6.45, 7) is 0. The van der Waals surface area contributed by atoms with Crippen molar-refractivity contribution in [2.45, 2.75) is 0 Å². The molecule has 0 atom stereocenters. The zero-order valence-electron chi connectivity index (χ0n) is 5.20. The van der Waals surface area contributed by atoms with Crippen LogP contribution in [0.15, 0.2) is 17.1 Å². The third-order valence-electron chi connectivity index (χ3n) is 1.22. The molecule has 0 fully saturated rings. The van der Waals surface area contributed by atoms with Gasteiger partial charge in [0.15, 0.2) is 5.65 Å². The van der Waals surface area contributed by atoms with Crippen LogP contribution in [0.4, 0.5) is 0 Å². The number of hydrogen-bond acceptors (Lipinski definition) is 3. The van der Waals surface area contributed by atoms with E-state index in [2.05, 4.69) is 31.1 Å². The molecule has 11 heavy (non-hydrogen) atoms. The normalized spacial score (nSPS) is 10.7. The van der Waals surface area contributed by atoms with Crippen molar-refractivity contribution < 1.29 is 0 Å². The van der Waals surface area contributed by atoms with Gasteiger partial charge in [0.1, 0.15) is 5.15 Å². The lowest BCUT2D eigenvalue weighted by Crippen LogP contribution is -1.86. The number of aromatic nitrogens is 4. The Hall–Kier alpha value is -0.680. The van der Waals surface area contributed by atoms with Gasteiger partial charge in [0.25, 0.3) is 0 Å². The predicted octanol–water partition coefficient (Wildman–Crippen LogP) is 1.54. The Kier molecular flexibility index (Phi) is 1.54. The molecule has 0 aliphatic carbocycles. The van der Waals surface area contributed by atoms with Crippen LogP contribution in [-0.4, -0.2) is 19.6 Å². The molecule has 2 heterocycles. The highest BCUT2D eigenvalue weighted by Crippen LogP contribution is 2.11. The molecule has 0 N–H and O–H groups in total. The Morgan fingerprint density at radius 3 is 3.09 bits per heavy atom. The van der Waals surface area contributed by atoms with E-state index in [0.717, 1.165) is 0 Å². The van der Waals surface area contributed by atoms with Crippen molar-refractivity contribution in [2.75, 3.05) is 0 Å². The Morgan fingerprint density at radius 1 is 1.45 bits per heavy atom. The average molecular weight is 233 g/mol. The molecule has 0 bridgehead atoms. The first-order chi connectivity index (χ1) is 5.27. The molecule has 0 aromatic carbocycles. The number of halogens is 2. The number of rotatable bonds is 0. The van der Waals surface area contributed by atoms with Crippen LogP contribution in [0.25, 0.3) is 5.65 Å². The van der Waals surface area contributed by atoms with Crippen LogP contribution < -0.4 is 0 Å². The van der Waals surface area contributed by atoms with E-state index in [0.29, 0.717) is 15.5 Å². The first-order valence-corrected chi connectivity index (χ1v) is 3.96. The van der Waals surface area contributed by atoms with Crippen LogP contribution >= 0.6 is 27.5 Å². The van der Waals surface area contributed by atoms with Gasteiger partial charge in [0.2, 0.25) is 4.73 Å². The van der Waals surface area contributed by atoms with Crippen molar-refractivity contribution in [3.63, 3.8) is 0 Å². The molecule has 0 radical (unpaired) electrons. The van der Waals surface area contributed by atoms with Crippen LogP contribution in [0, 0.1) is 0 Å². The van der Waals surface area contributed by atoms with Gasteiger partial charge in [-0.05, 0) is 15.9 Å². The Morgan fingerprint density at radius 2 is 2.27 bits per heavy atom. The number of fused-ring (bicyclic) bond motifs is 1. The van der Waals surface area contributed by atoms with Crippen LogP contribution in [-0.2, 0) is 0 Å². The van der Waals surface area contributed by atoms with E-state index in [1.165, 1.54) is 0 Å². The summed E-state index contributed by atoms with van der Waals surface area (Å²) in [5, 5.41) is 7.99. The Bertz CT molecular complexity index is 398. The lowest BCUT2D eigenvalue weighted by atomic mass is 10.7. The van der Waals surface area contributed by atoms with E-state index in [1.54, 1.807) is 16.8 Å².